The van der Waals surface area contributed by atoms with Crippen molar-refractivity contribution in [1.82, 2.24) is 15.5 Å². The van der Waals surface area contributed by atoms with Gasteiger partial charge in [0.15, 0.2) is 0 Å². The van der Waals surface area contributed by atoms with E-state index >= 15 is 0 Å². The fourth-order valence-electron chi connectivity index (χ4n) is 3.50. The highest BCUT2D eigenvalue weighted by molar-refractivity contribution is 5.79. The molecule has 1 saturated heterocycles. The van der Waals surface area contributed by atoms with Crippen LogP contribution in [0, 0.1) is 5.92 Å². The van der Waals surface area contributed by atoms with E-state index in [0.717, 1.165) is 44.5 Å². The normalized spacial score (nSPS) is 20.8. The van der Waals surface area contributed by atoms with Crippen molar-refractivity contribution in [3.63, 3.8) is 0 Å². The fourth-order valence-corrected chi connectivity index (χ4v) is 3.50. The molecule has 2 fully saturated rings. The number of aromatic nitrogens is 2. The number of carbonyl (C=O) groups is 1. The van der Waals surface area contributed by atoms with Gasteiger partial charge in [0.25, 0.3) is 5.56 Å². The predicted octanol–water partition coefficient (Wildman–Crippen LogP) is 1.44. The Morgan fingerprint density at radius 3 is 2.59 bits per heavy atom. The second kappa shape index (κ2) is 6.94. The summed E-state index contributed by atoms with van der Waals surface area (Å²) in [5, 5.41) is 9.45. The summed E-state index contributed by atoms with van der Waals surface area (Å²) in [5.74, 6) is 0.323. The molecule has 2 N–H and O–H groups in total. The number of rotatable bonds is 3. The molecule has 22 heavy (non-hydrogen) atoms. The van der Waals surface area contributed by atoms with Gasteiger partial charge in [0, 0.05) is 31.1 Å². The van der Waals surface area contributed by atoms with Crippen molar-refractivity contribution in [2.24, 2.45) is 5.92 Å². The van der Waals surface area contributed by atoms with Crippen LogP contribution in [0.3, 0.4) is 0 Å². The molecule has 3 rings (SSSR count). The largest absolute Gasteiger partial charge is 0.370 e. The van der Waals surface area contributed by atoms with Crippen molar-refractivity contribution >= 4 is 11.6 Å². The van der Waals surface area contributed by atoms with E-state index in [2.05, 4.69) is 20.4 Å². The smallest absolute Gasteiger partial charge is 0.266 e. The summed E-state index contributed by atoms with van der Waals surface area (Å²) < 4.78 is 0. The molecular weight excluding hydrogens is 280 g/mol. The van der Waals surface area contributed by atoms with Crippen LogP contribution in [0.5, 0.6) is 0 Å². The number of carbonyl (C=O) groups excluding carboxylic acids is 1. The van der Waals surface area contributed by atoms with E-state index in [4.69, 9.17) is 0 Å². The molecule has 2 heterocycles. The van der Waals surface area contributed by atoms with E-state index in [1.54, 1.807) is 12.3 Å². The zero-order valence-electron chi connectivity index (χ0n) is 12.9. The summed E-state index contributed by atoms with van der Waals surface area (Å²) >= 11 is 0. The number of piperidine rings is 1. The van der Waals surface area contributed by atoms with Crippen molar-refractivity contribution in [3.05, 3.63) is 22.6 Å². The van der Waals surface area contributed by atoms with Gasteiger partial charge in [-0.25, -0.2) is 5.10 Å². The van der Waals surface area contributed by atoms with Crippen LogP contribution in [0.1, 0.15) is 44.9 Å². The first-order valence-corrected chi connectivity index (χ1v) is 8.32. The Balaban J connectivity index is 1.50. The van der Waals surface area contributed by atoms with Crippen LogP contribution in [0.25, 0.3) is 0 Å². The Hall–Kier alpha value is -1.85. The van der Waals surface area contributed by atoms with Crippen LogP contribution in [-0.2, 0) is 4.79 Å². The van der Waals surface area contributed by atoms with Gasteiger partial charge in [-0.3, -0.25) is 9.59 Å². The number of nitrogens with one attached hydrogen (secondary N) is 2. The molecule has 1 aromatic heterocycles. The SMILES string of the molecule is O=C(NC1CCCCC1)C1CCN(c2cn[nH]c(=O)c2)CC1. The average Bonchev–Trinajstić information content (AvgIpc) is 2.56. The highest BCUT2D eigenvalue weighted by Crippen LogP contribution is 2.23. The first-order chi connectivity index (χ1) is 10.7. The van der Waals surface area contributed by atoms with Gasteiger partial charge in [-0.05, 0) is 25.7 Å². The Kier molecular flexibility index (Phi) is 4.75. The minimum atomic E-state index is -0.185. The molecule has 2 aliphatic rings. The Morgan fingerprint density at radius 2 is 1.91 bits per heavy atom. The third-order valence-electron chi connectivity index (χ3n) is 4.83. The van der Waals surface area contributed by atoms with Gasteiger partial charge in [0.2, 0.25) is 5.91 Å². The lowest BCUT2D eigenvalue weighted by Gasteiger charge is -2.33. The maximum absolute atomic E-state index is 12.4. The third kappa shape index (κ3) is 3.67. The number of nitrogens with zero attached hydrogens (tertiary/aromatic N) is 2. The highest BCUT2D eigenvalue weighted by Gasteiger charge is 2.27. The maximum atomic E-state index is 12.4. The molecule has 120 valence electrons. The van der Waals surface area contributed by atoms with E-state index in [-0.39, 0.29) is 17.4 Å². The van der Waals surface area contributed by atoms with Gasteiger partial charge in [0.05, 0.1) is 11.9 Å². The van der Waals surface area contributed by atoms with Crippen LogP contribution in [-0.4, -0.2) is 35.2 Å². The number of amides is 1. The molecule has 0 aromatic carbocycles. The van der Waals surface area contributed by atoms with E-state index in [1.807, 2.05) is 0 Å². The highest BCUT2D eigenvalue weighted by atomic mass is 16.2. The van der Waals surface area contributed by atoms with E-state index in [0.29, 0.717) is 6.04 Å². The van der Waals surface area contributed by atoms with Crippen molar-refractivity contribution in [3.8, 4) is 0 Å². The quantitative estimate of drug-likeness (QED) is 0.885. The first kappa shape index (κ1) is 15.1. The molecule has 1 aromatic rings. The van der Waals surface area contributed by atoms with Crippen LogP contribution >= 0.6 is 0 Å². The number of hydrogen-bond acceptors (Lipinski definition) is 4. The number of anilines is 1. The average molecular weight is 304 g/mol. The van der Waals surface area contributed by atoms with E-state index < -0.39 is 0 Å². The van der Waals surface area contributed by atoms with Gasteiger partial charge >= 0.3 is 0 Å². The summed E-state index contributed by atoms with van der Waals surface area (Å²) in [5.41, 5.74) is 0.657. The fraction of sp³-hybridized carbons (Fsp3) is 0.688. The lowest BCUT2D eigenvalue weighted by molar-refractivity contribution is -0.126. The first-order valence-electron chi connectivity index (χ1n) is 8.32. The molecule has 6 nitrogen and oxygen atoms in total. The molecule has 0 bridgehead atoms. The van der Waals surface area contributed by atoms with Gasteiger partial charge in [-0.1, -0.05) is 19.3 Å². The summed E-state index contributed by atoms with van der Waals surface area (Å²) in [6, 6.07) is 1.95. The summed E-state index contributed by atoms with van der Waals surface area (Å²) in [6.45, 7) is 1.60. The van der Waals surface area contributed by atoms with Crippen molar-refractivity contribution < 1.29 is 4.79 Å². The lowest BCUT2D eigenvalue weighted by atomic mass is 9.92. The second-order valence-electron chi connectivity index (χ2n) is 6.41. The van der Waals surface area contributed by atoms with Crippen molar-refractivity contribution in [2.75, 3.05) is 18.0 Å². The Morgan fingerprint density at radius 1 is 1.18 bits per heavy atom. The zero-order chi connectivity index (χ0) is 15.4. The van der Waals surface area contributed by atoms with Gasteiger partial charge in [0.1, 0.15) is 0 Å². The number of hydrogen-bond donors (Lipinski definition) is 2. The number of H-pyrrole nitrogens is 1. The molecule has 0 unspecified atom stereocenters. The summed E-state index contributed by atoms with van der Waals surface area (Å²) in [7, 11) is 0. The van der Waals surface area contributed by atoms with Crippen LogP contribution in [0.15, 0.2) is 17.1 Å². The molecule has 6 heteroatoms. The lowest BCUT2D eigenvalue weighted by Crippen LogP contribution is -2.44. The van der Waals surface area contributed by atoms with Crippen molar-refractivity contribution in [1.29, 1.82) is 0 Å². The Bertz CT molecular complexity index is 557. The zero-order valence-corrected chi connectivity index (χ0v) is 12.9. The van der Waals surface area contributed by atoms with Crippen molar-refractivity contribution in [2.45, 2.75) is 51.0 Å². The van der Waals surface area contributed by atoms with E-state index in [9.17, 15) is 9.59 Å². The maximum Gasteiger partial charge on any atom is 0.266 e. The monoisotopic (exact) mass is 304 g/mol. The van der Waals surface area contributed by atoms with Crippen LogP contribution in [0.2, 0.25) is 0 Å². The van der Waals surface area contributed by atoms with Gasteiger partial charge < -0.3 is 10.2 Å². The summed E-state index contributed by atoms with van der Waals surface area (Å²) in [4.78, 5) is 25.8. The van der Waals surface area contributed by atoms with Gasteiger partial charge in [-0.2, -0.15) is 5.10 Å². The molecule has 1 aliphatic heterocycles. The van der Waals surface area contributed by atoms with Crippen LogP contribution in [0.4, 0.5) is 5.69 Å². The minimum absolute atomic E-state index is 0.105. The Labute approximate surface area is 130 Å². The molecule has 0 spiro atoms. The standard InChI is InChI=1S/C16H24N4O2/c21-15-10-14(11-17-19-15)20-8-6-12(7-9-20)16(22)18-13-4-2-1-3-5-13/h10-13H,1-9H2,(H,18,22)(H,19,21). The minimum Gasteiger partial charge on any atom is -0.370 e. The molecule has 1 saturated carbocycles. The molecule has 0 radical (unpaired) electrons. The summed E-state index contributed by atoms with van der Waals surface area (Å²) in [6.07, 6.45) is 9.37. The van der Waals surface area contributed by atoms with Crippen LogP contribution < -0.4 is 15.8 Å². The number of aromatic amines is 1. The molecular formula is C16H24N4O2. The van der Waals surface area contributed by atoms with E-state index in [1.165, 1.54) is 19.3 Å². The predicted molar refractivity (Wildman–Crippen MR) is 84.8 cm³/mol. The molecule has 0 atom stereocenters. The molecule has 1 amide bonds. The topological polar surface area (TPSA) is 78.1 Å². The molecule has 1 aliphatic carbocycles. The third-order valence-corrected chi connectivity index (χ3v) is 4.83. The van der Waals surface area contributed by atoms with Gasteiger partial charge in [-0.15, -0.1) is 0 Å². The second-order valence-corrected chi connectivity index (χ2v) is 6.41.